The SMILES string of the molecule is Nc1cc(Br)cc(CS(=O)Cc2ccccc2)c1. The zero-order chi connectivity index (χ0) is 13.0. The summed E-state index contributed by atoms with van der Waals surface area (Å²) in [6.07, 6.45) is 0. The normalized spacial score (nSPS) is 12.3. The number of rotatable bonds is 4. The van der Waals surface area contributed by atoms with Crippen LogP contribution < -0.4 is 5.73 Å². The van der Waals surface area contributed by atoms with Crippen LogP contribution in [0.25, 0.3) is 0 Å². The lowest BCUT2D eigenvalue weighted by Crippen LogP contribution is -2.00. The summed E-state index contributed by atoms with van der Waals surface area (Å²) >= 11 is 3.39. The van der Waals surface area contributed by atoms with Crippen molar-refractivity contribution < 1.29 is 4.21 Å². The van der Waals surface area contributed by atoms with E-state index in [1.165, 1.54) is 0 Å². The van der Waals surface area contributed by atoms with Gasteiger partial charge in [-0.25, -0.2) is 0 Å². The third-order valence-electron chi connectivity index (χ3n) is 2.48. The molecule has 0 saturated heterocycles. The summed E-state index contributed by atoms with van der Waals surface area (Å²) in [5.41, 5.74) is 8.54. The zero-order valence-corrected chi connectivity index (χ0v) is 12.2. The molecule has 0 fully saturated rings. The number of hydrogen-bond donors (Lipinski definition) is 1. The minimum atomic E-state index is -0.915. The maximum Gasteiger partial charge on any atom is 0.0490 e. The van der Waals surface area contributed by atoms with E-state index in [4.69, 9.17) is 5.73 Å². The maximum atomic E-state index is 12.1. The highest BCUT2D eigenvalue weighted by Crippen LogP contribution is 2.19. The molecule has 2 aromatic carbocycles. The predicted octanol–water partition coefficient (Wildman–Crippen LogP) is 3.48. The molecule has 94 valence electrons. The highest BCUT2D eigenvalue weighted by Gasteiger charge is 2.05. The number of nitrogens with two attached hydrogens (primary N) is 1. The first kappa shape index (κ1) is 13.3. The van der Waals surface area contributed by atoms with Crippen molar-refractivity contribution in [2.24, 2.45) is 0 Å². The molecule has 0 aromatic heterocycles. The van der Waals surface area contributed by atoms with Gasteiger partial charge in [-0.2, -0.15) is 0 Å². The minimum absolute atomic E-state index is 0.526. The van der Waals surface area contributed by atoms with Gasteiger partial charge in [0.15, 0.2) is 0 Å². The molecule has 0 heterocycles. The van der Waals surface area contributed by atoms with Crippen molar-refractivity contribution in [2.75, 3.05) is 5.73 Å². The summed E-state index contributed by atoms with van der Waals surface area (Å²) in [5.74, 6) is 1.10. The van der Waals surface area contributed by atoms with Crippen LogP contribution in [0.15, 0.2) is 53.0 Å². The van der Waals surface area contributed by atoms with Crippen molar-refractivity contribution in [1.29, 1.82) is 0 Å². The van der Waals surface area contributed by atoms with Gasteiger partial charge in [0.1, 0.15) is 0 Å². The van der Waals surface area contributed by atoms with Gasteiger partial charge in [0.2, 0.25) is 0 Å². The quantitative estimate of drug-likeness (QED) is 0.875. The third-order valence-corrected chi connectivity index (χ3v) is 4.25. The Bertz CT molecular complexity index is 537. The average molecular weight is 324 g/mol. The van der Waals surface area contributed by atoms with Crippen LogP contribution in [-0.2, 0) is 22.3 Å². The Morgan fingerprint density at radius 2 is 1.67 bits per heavy atom. The molecule has 0 aliphatic carbocycles. The molecule has 0 spiro atoms. The Morgan fingerprint density at radius 3 is 2.33 bits per heavy atom. The summed E-state index contributed by atoms with van der Waals surface area (Å²) in [6, 6.07) is 15.5. The number of benzene rings is 2. The van der Waals surface area contributed by atoms with Gasteiger partial charge in [-0.05, 0) is 29.3 Å². The van der Waals surface area contributed by atoms with Crippen molar-refractivity contribution in [3.8, 4) is 0 Å². The number of nitrogen functional groups attached to an aromatic ring is 1. The van der Waals surface area contributed by atoms with E-state index >= 15 is 0 Å². The van der Waals surface area contributed by atoms with Crippen LogP contribution in [0, 0.1) is 0 Å². The topological polar surface area (TPSA) is 43.1 Å². The monoisotopic (exact) mass is 323 g/mol. The Morgan fingerprint density at radius 1 is 1.00 bits per heavy atom. The van der Waals surface area contributed by atoms with Gasteiger partial charge in [-0.1, -0.05) is 46.3 Å². The van der Waals surface area contributed by atoms with Gasteiger partial charge >= 0.3 is 0 Å². The summed E-state index contributed by atoms with van der Waals surface area (Å²) in [6.45, 7) is 0. The highest BCUT2D eigenvalue weighted by atomic mass is 79.9. The number of anilines is 1. The molecular formula is C14H14BrNOS. The van der Waals surface area contributed by atoms with Gasteiger partial charge < -0.3 is 5.73 Å². The Balaban J connectivity index is 2.03. The first-order valence-electron chi connectivity index (χ1n) is 5.57. The molecule has 0 amide bonds. The van der Waals surface area contributed by atoms with Crippen LogP contribution in [0.4, 0.5) is 5.69 Å². The molecule has 1 unspecified atom stereocenters. The van der Waals surface area contributed by atoms with E-state index in [2.05, 4.69) is 15.9 Å². The van der Waals surface area contributed by atoms with Gasteiger partial charge in [0, 0.05) is 32.5 Å². The van der Waals surface area contributed by atoms with Crippen LogP contribution in [0.2, 0.25) is 0 Å². The van der Waals surface area contributed by atoms with E-state index in [-0.39, 0.29) is 0 Å². The number of halogens is 1. The fourth-order valence-electron chi connectivity index (χ4n) is 1.76. The lowest BCUT2D eigenvalue weighted by molar-refractivity contribution is 0.682. The Kier molecular flexibility index (Phi) is 4.55. The van der Waals surface area contributed by atoms with E-state index in [1.54, 1.807) is 0 Å². The third kappa shape index (κ3) is 3.96. The summed E-state index contributed by atoms with van der Waals surface area (Å²) in [4.78, 5) is 0. The minimum Gasteiger partial charge on any atom is -0.399 e. The van der Waals surface area contributed by atoms with Crippen LogP contribution in [0.1, 0.15) is 11.1 Å². The van der Waals surface area contributed by atoms with Crippen molar-refractivity contribution in [3.05, 3.63) is 64.1 Å². The second kappa shape index (κ2) is 6.16. The first-order chi connectivity index (χ1) is 8.63. The van der Waals surface area contributed by atoms with Gasteiger partial charge in [-0.15, -0.1) is 0 Å². The molecule has 0 bridgehead atoms. The largest absolute Gasteiger partial charge is 0.399 e. The van der Waals surface area contributed by atoms with Crippen LogP contribution >= 0.6 is 15.9 Å². The average Bonchev–Trinajstić information content (AvgIpc) is 2.28. The van der Waals surface area contributed by atoms with Crippen molar-refractivity contribution in [3.63, 3.8) is 0 Å². The van der Waals surface area contributed by atoms with Gasteiger partial charge in [-0.3, -0.25) is 4.21 Å². The van der Waals surface area contributed by atoms with E-state index in [0.717, 1.165) is 15.6 Å². The Hall–Kier alpha value is -1.13. The molecule has 0 saturated carbocycles. The molecule has 1 atom stereocenters. The first-order valence-corrected chi connectivity index (χ1v) is 7.85. The molecule has 2 aromatic rings. The second-order valence-electron chi connectivity index (χ2n) is 4.11. The lowest BCUT2D eigenvalue weighted by Gasteiger charge is -2.05. The van der Waals surface area contributed by atoms with Gasteiger partial charge in [0.05, 0.1) is 0 Å². The van der Waals surface area contributed by atoms with Crippen molar-refractivity contribution >= 4 is 32.4 Å². The molecule has 4 heteroatoms. The fraction of sp³-hybridized carbons (Fsp3) is 0.143. The standard InChI is InChI=1S/C14H14BrNOS/c15-13-6-12(7-14(16)8-13)10-18(17)9-11-4-2-1-3-5-11/h1-8H,9-10,16H2. The van der Waals surface area contributed by atoms with Crippen LogP contribution in [0.3, 0.4) is 0 Å². The Labute approximate surface area is 118 Å². The fourth-order valence-corrected chi connectivity index (χ4v) is 3.52. The lowest BCUT2D eigenvalue weighted by atomic mass is 10.2. The summed E-state index contributed by atoms with van der Waals surface area (Å²) in [7, 11) is -0.915. The van der Waals surface area contributed by atoms with E-state index in [9.17, 15) is 4.21 Å². The molecule has 18 heavy (non-hydrogen) atoms. The van der Waals surface area contributed by atoms with Crippen LogP contribution in [0.5, 0.6) is 0 Å². The maximum absolute atomic E-state index is 12.1. The van der Waals surface area contributed by atoms with Crippen molar-refractivity contribution in [1.82, 2.24) is 0 Å². The second-order valence-corrected chi connectivity index (χ2v) is 6.48. The molecule has 2 N–H and O–H groups in total. The molecule has 2 rings (SSSR count). The van der Waals surface area contributed by atoms with Crippen LogP contribution in [-0.4, -0.2) is 4.21 Å². The molecule has 0 aliphatic rings. The molecular weight excluding hydrogens is 310 g/mol. The smallest absolute Gasteiger partial charge is 0.0490 e. The van der Waals surface area contributed by atoms with E-state index in [1.807, 2.05) is 48.5 Å². The highest BCUT2D eigenvalue weighted by molar-refractivity contribution is 9.10. The molecule has 0 aliphatic heterocycles. The van der Waals surface area contributed by atoms with E-state index < -0.39 is 10.8 Å². The van der Waals surface area contributed by atoms with E-state index in [0.29, 0.717) is 17.2 Å². The van der Waals surface area contributed by atoms with Gasteiger partial charge in [0.25, 0.3) is 0 Å². The summed E-state index contributed by atoms with van der Waals surface area (Å²) in [5, 5.41) is 0. The molecule has 2 nitrogen and oxygen atoms in total. The zero-order valence-electron chi connectivity index (χ0n) is 9.80. The number of hydrogen-bond acceptors (Lipinski definition) is 2. The molecule has 0 radical (unpaired) electrons. The summed E-state index contributed by atoms with van der Waals surface area (Å²) < 4.78 is 13.0. The predicted molar refractivity (Wildman–Crippen MR) is 80.5 cm³/mol. The van der Waals surface area contributed by atoms with Crippen molar-refractivity contribution in [2.45, 2.75) is 11.5 Å².